The van der Waals surface area contributed by atoms with Gasteiger partial charge in [-0.05, 0) is 35.9 Å². The third kappa shape index (κ3) is 4.72. The van der Waals surface area contributed by atoms with Crippen LogP contribution in [-0.4, -0.2) is 55.5 Å². The van der Waals surface area contributed by atoms with Crippen molar-refractivity contribution in [2.24, 2.45) is 0 Å². The summed E-state index contributed by atoms with van der Waals surface area (Å²) in [6, 6.07) is 11.8. The predicted octanol–water partition coefficient (Wildman–Crippen LogP) is 2.69. The zero-order chi connectivity index (χ0) is 22.7. The maximum atomic E-state index is 12.7. The molecule has 0 atom stereocenters. The number of nitrogens with one attached hydrogen (secondary N) is 1. The van der Waals surface area contributed by atoms with Crippen molar-refractivity contribution in [3.63, 3.8) is 0 Å². The van der Waals surface area contributed by atoms with Crippen molar-refractivity contribution in [1.82, 2.24) is 10.3 Å². The van der Waals surface area contributed by atoms with Crippen molar-refractivity contribution in [3.05, 3.63) is 63.6 Å². The van der Waals surface area contributed by atoms with Gasteiger partial charge in [-0.1, -0.05) is 41.4 Å². The molecule has 0 aromatic heterocycles. The van der Waals surface area contributed by atoms with Crippen LogP contribution in [0.15, 0.2) is 48.0 Å². The maximum Gasteiger partial charge on any atom is 0.282 e. The van der Waals surface area contributed by atoms with E-state index in [-0.39, 0.29) is 33.9 Å². The van der Waals surface area contributed by atoms with Crippen molar-refractivity contribution in [2.75, 3.05) is 37.9 Å². The molecule has 2 saturated heterocycles. The second-order valence-corrected chi connectivity index (χ2v) is 7.88. The second kappa shape index (κ2) is 9.60. The molecule has 2 fully saturated rings. The minimum Gasteiger partial charge on any atom is -0.481 e. The van der Waals surface area contributed by atoms with Gasteiger partial charge in [0.2, 0.25) is 0 Å². The largest absolute Gasteiger partial charge is 0.481 e. The molecular formula is C22H19Cl2N3O5. The summed E-state index contributed by atoms with van der Waals surface area (Å²) in [5.41, 5.74) is 3.46. The minimum absolute atomic E-state index is 0.0582. The lowest BCUT2D eigenvalue weighted by molar-refractivity contribution is -0.137. The Morgan fingerprint density at radius 2 is 1.75 bits per heavy atom. The van der Waals surface area contributed by atoms with Crippen molar-refractivity contribution in [2.45, 2.75) is 0 Å². The number of hydrazine groups is 1. The summed E-state index contributed by atoms with van der Waals surface area (Å²) < 4.78 is 10.8. The van der Waals surface area contributed by atoms with Gasteiger partial charge in [-0.15, -0.1) is 0 Å². The Hall–Kier alpha value is -3.07. The average molecular weight is 476 g/mol. The Kier molecular flexibility index (Phi) is 6.64. The Bertz CT molecular complexity index is 1060. The Morgan fingerprint density at radius 1 is 1.09 bits per heavy atom. The molecule has 4 rings (SSSR count). The number of hydrogen-bond acceptors (Lipinski definition) is 5. The molecule has 8 nitrogen and oxygen atoms in total. The highest BCUT2D eigenvalue weighted by atomic mass is 35.5. The number of hydrogen-bond donors (Lipinski definition) is 1. The standard InChI is InChI=1S/C22H19Cl2N3O5/c23-17-11-14(10-16-21(29)25-27(22(16)30)15-4-2-1-3-5-15)12-18(24)20(17)32-13-19(28)26-6-8-31-9-7-26/h1-5,10-12H,6-9,13H2,(H,25,29). The summed E-state index contributed by atoms with van der Waals surface area (Å²) in [5, 5.41) is 1.49. The predicted molar refractivity (Wildman–Crippen MR) is 119 cm³/mol. The van der Waals surface area contributed by atoms with Gasteiger partial charge in [0.1, 0.15) is 5.57 Å². The molecule has 166 valence electrons. The molecule has 0 spiro atoms. The molecule has 0 bridgehead atoms. The highest BCUT2D eigenvalue weighted by Crippen LogP contribution is 2.35. The van der Waals surface area contributed by atoms with Gasteiger partial charge >= 0.3 is 0 Å². The van der Waals surface area contributed by atoms with Gasteiger partial charge in [-0.2, -0.15) is 0 Å². The quantitative estimate of drug-likeness (QED) is 0.530. The summed E-state index contributed by atoms with van der Waals surface area (Å²) >= 11 is 12.6. The van der Waals surface area contributed by atoms with Crippen molar-refractivity contribution in [3.8, 4) is 5.75 Å². The minimum atomic E-state index is -0.539. The lowest BCUT2D eigenvalue weighted by Crippen LogP contribution is -2.43. The van der Waals surface area contributed by atoms with Crippen molar-refractivity contribution >= 4 is 52.7 Å². The first kappa shape index (κ1) is 22.1. The number of anilines is 1. The van der Waals surface area contributed by atoms with Gasteiger partial charge in [-0.25, -0.2) is 5.01 Å². The van der Waals surface area contributed by atoms with Crippen LogP contribution in [0, 0.1) is 0 Å². The maximum absolute atomic E-state index is 12.7. The third-order valence-electron chi connectivity index (χ3n) is 4.94. The Balaban J connectivity index is 1.49. The van der Waals surface area contributed by atoms with Gasteiger partial charge in [-0.3, -0.25) is 19.8 Å². The fourth-order valence-electron chi connectivity index (χ4n) is 3.32. The van der Waals surface area contributed by atoms with E-state index in [1.54, 1.807) is 29.2 Å². The molecule has 1 N–H and O–H groups in total. The lowest BCUT2D eigenvalue weighted by atomic mass is 10.1. The van der Waals surface area contributed by atoms with Crippen LogP contribution in [-0.2, 0) is 19.1 Å². The van der Waals surface area contributed by atoms with E-state index in [0.717, 1.165) is 0 Å². The highest BCUT2D eigenvalue weighted by Gasteiger charge is 2.34. The van der Waals surface area contributed by atoms with Gasteiger partial charge in [0.15, 0.2) is 12.4 Å². The van der Waals surface area contributed by atoms with Crippen LogP contribution in [0.25, 0.3) is 6.08 Å². The Morgan fingerprint density at radius 3 is 2.41 bits per heavy atom. The van der Waals surface area contributed by atoms with Crippen LogP contribution in [0.4, 0.5) is 5.69 Å². The van der Waals surface area contributed by atoms with Crippen molar-refractivity contribution < 1.29 is 23.9 Å². The highest BCUT2D eigenvalue weighted by molar-refractivity contribution is 6.37. The van der Waals surface area contributed by atoms with Gasteiger partial charge < -0.3 is 14.4 Å². The number of morpholine rings is 1. The number of halogens is 2. The van der Waals surface area contributed by atoms with Gasteiger partial charge in [0.05, 0.1) is 28.9 Å². The summed E-state index contributed by atoms with van der Waals surface area (Å²) in [6.07, 6.45) is 1.40. The lowest BCUT2D eigenvalue weighted by Gasteiger charge is -2.26. The number of para-hydroxylation sites is 1. The summed E-state index contributed by atoms with van der Waals surface area (Å²) in [6.45, 7) is 1.78. The van der Waals surface area contributed by atoms with E-state index in [1.807, 2.05) is 6.07 Å². The van der Waals surface area contributed by atoms with Crippen LogP contribution < -0.4 is 15.2 Å². The van der Waals surface area contributed by atoms with Gasteiger partial charge in [0, 0.05) is 13.1 Å². The second-order valence-electron chi connectivity index (χ2n) is 7.07. The number of benzene rings is 2. The fraction of sp³-hybridized carbons (Fsp3) is 0.227. The first-order chi connectivity index (χ1) is 15.4. The fourth-order valence-corrected chi connectivity index (χ4v) is 3.93. The molecule has 2 aliphatic heterocycles. The number of rotatable bonds is 5. The number of carbonyl (C=O) groups is 3. The van der Waals surface area contributed by atoms with E-state index in [0.29, 0.717) is 37.6 Å². The zero-order valence-electron chi connectivity index (χ0n) is 16.8. The van der Waals surface area contributed by atoms with E-state index in [2.05, 4.69) is 5.43 Å². The molecule has 32 heavy (non-hydrogen) atoms. The van der Waals surface area contributed by atoms with E-state index in [9.17, 15) is 14.4 Å². The average Bonchev–Trinajstić information content (AvgIpc) is 3.08. The third-order valence-corrected chi connectivity index (χ3v) is 5.50. The molecule has 2 aromatic rings. The molecule has 0 radical (unpaired) electrons. The molecule has 2 heterocycles. The van der Waals surface area contributed by atoms with E-state index in [1.165, 1.54) is 23.2 Å². The van der Waals surface area contributed by atoms with Gasteiger partial charge in [0.25, 0.3) is 17.7 Å². The summed E-state index contributed by atoms with van der Waals surface area (Å²) in [4.78, 5) is 39.0. The molecule has 10 heteroatoms. The first-order valence-electron chi connectivity index (χ1n) is 9.83. The molecule has 3 amide bonds. The monoisotopic (exact) mass is 475 g/mol. The van der Waals surface area contributed by atoms with E-state index in [4.69, 9.17) is 32.7 Å². The van der Waals surface area contributed by atoms with Crippen molar-refractivity contribution in [1.29, 1.82) is 0 Å². The van der Waals surface area contributed by atoms with E-state index >= 15 is 0 Å². The smallest absolute Gasteiger partial charge is 0.282 e. The summed E-state index contributed by atoms with van der Waals surface area (Å²) in [5.74, 6) is -1.07. The van der Waals surface area contributed by atoms with Crippen LogP contribution in [0.2, 0.25) is 10.0 Å². The first-order valence-corrected chi connectivity index (χ1v) is 10.6. The van der Waals surface area contributed by atoms with Crippen LogP contribution in [0.1, 0.15) is 5.56 Å². The SMILES string of the molecule is O=C1NN(c2ccccc2)C(=O)C1=Cc1cc(Cl)c(OCC(=O)N2CCOCC2)c(Cl)c1. The zero-order valence-corrected chi connectivity index (χ0v) is 18.4. The van der Waals surface area contributed by atoms with Crippen LogP contribution in [0.5, 0.6) is 5.75 Å². The van der Waals surface area contributed by atoms with Crippen LogP contribution >= 0.6 is 23.2 Å². The molecular weight excluding hydrogens is 457 g/mol. The van der Waals surface area contributed by atoms with Crippen LogP contribution in [0.3, 0.4) is 0 Å². The Labute approximate surface area is 194 Å². The topological polar surface area (TPSA) is 88.2 Å². The number of ether oxygens (including phenoxy) is 2. The van der Waals surface area contributed by atoms with E-state index < -0.39 is 11.8 Å². The molecule has 0 aliphatic carbocycles. The normalized spacial score (nSPS) is 17.6. The number of nitrogens with zero attached hydrogens (tertiary/aromatic N) is 2. The molecule has 0 saturated carbocycles. The summed E-state index contributed by atoms with van der Waals surface area (Å²) in [7, 11) is 0. The molecule has 2 aliphatic rings. The molecule has 2 aromatic carbocycles. The number of amides is 3. The number of carbonyl (C=O) groups excluding carboxylic acids is 3. The molecule has 0 unspecified atom stereocenters.